The summed E-state index contributed by atoms with van der Waals surface area (Å²) in [7, 11) is 0. The van der Waals surface area contributed by atoms with E-state index in [1.165, 1.54) is 0 Å². The van der Waals surface area contributed by atoms with Gasteiger partial charge in [-0.2, -0.15) is 13.2 Å². The first-order chi connectivity index (χ1) is 8.72. The molecule has 1 fully saturated rings. The molecular weight excluding hydrogens is 327 g/mol. The van der Waals surface area contributed by atoms with Gasteiger partial charge in [-0.1, -0.05) is 15.9 Å². The van der Waals surface area contributed by atoms with Gasteiger partial charge in [0.1, 0.15) is 6.61 Å². The molecule has 7 heteroatoms. The number of halogens is 4. The van der Waals surface area contributed by atoms with Crippen LogP contribution in [-0.4, -0.2) is 61.0 Å². The Labute approximate surface area is 120 Å². The lowest BCUT2D eigenvalue weighted by atomic mass is 10.1. The number of morpholine rings is 1. The molecule has 114 valence electrons. The third kappa shape index (κ3) is 7.48. The Morgan fingerprint density at radius 3 is 2.68 bits per heavy atom. The summed E-state index contributed by atoms with van der Waals surface area (Å²) < 4.78 is 46.1. The van der Waals surface area contributed by atoms with E-state index in [4.69, 9.17) is 4.74 Å². The molecule has 0 aromatic heterocycles. The van der Waals surface area contributed by atoms with Gasteiger partial charge < -0.3 is 9.47 Å². The first kappa shape index (κ1) is 17.2. The number of rotatable bonds is 6. The topological polar surface area (TPSA) is 21.7 Å². The van der Waals surface area contributed by atoms with Crippen molar-refractivity contribution in [3.63, 3.8) is 0 Å². The predicted molar refractivity (Wildman–Crippen MR) is 70.7 cm³/mol. The van der Waals surface area contributed by atoms with Gasteiger partial charge in [0.15, 0.2) is 0 Å². The number of nitrogens with zero attached hydrogens (tertiary/aromatic N) is 1. The minimum Gasteiger partial charge on any atom is -0.372 e. The van der Waals surface area contributed by atoms with Crippen molar-refractivity contribution in [1.82, 2.24) is 4.90 Å². The van der Waals surface area contributed by atoms with Gasteiger partial charge in [0, 0.05) is 31.6 Å². The molecule has 0 radical (unpaired) electrons. The van der Waals surface area contributed by atoms with Crippen LogP contribution in [0.3, 0.4) is 0 Å². The van der Waals surface area contributed by atoms with Crippen LogP contribution in [0.2, 0.25) is 0 Å². The molecule has 1 aliphatic heterocycles. The number of alkyl halides is 4. The average Bonchev–Trinajstić information content (AvgIpc) is 2.24. The fraction of sp³-hybridized carbons (Fsp3) is 1.00. The molecule has 0 bridgehead atoms. The molecule has 19 heavy (non-hydrogen) atoms. The number of hydrogen-bond donors (Lipinski definition) is 0. The third-order valence-corrected chi connectivity index (χ3v) is 3.47. The summed E-state index contributed by atoms with van der Waals surface area (Å²) in [6, 6.07) is 0. The zero-order valence-corrected chi connectivity index (χ0v) is 12.9. The van der Waals surface area contributed by atoms with Crippen molar-refractivity contribution < 1.29 is 22.6 Å². The fourth-order valence-corrected chi connectivity index (χ4v) is 2.58. The maximum Gasteiger partial charge on any atom is 0.411 e. The zero-order chi connectivity index (χ0) is 14.5. The van der Waals surface area contributed by atoms with E-state index in [0.717, 1.165) is 25.0 Å². The molecule has 1 atom stereocenters. The van der Waals surface area contributed by atoms with E-state index >= 15 is 0 Å². The summed E-state index contributed by atoms with van der Waals surface area (Å²) in [5.41, 5.74) is -0.219. The van der Waals surface area contributed by atoms with E-state index < -0.39 is 12.8 Å². The average molecular weight is 348 g/mol. The molecule has 1 aliphatic rings. The Morgan fingerprint density at radius 1 is 1.42 bits per heavy atom. The van der Waals surface area contributed by atoms with E-state index in [-0.39, 0.29) is 18.3 Å². The SMILES string of the molecule is CC1(C)CN(CCCOCC(F)(F)F)CC(CBr)O1. The van der Waals surface area contributed by atoms with Gasteiger partial charge in [-0.15, -0.1) is 0 Å². The smallest absolute Gasteiger partial charge is 0.372 e. The summed E-state index contributed by atoms with van der Waals surface area (Å²) in [4.78, 5) is 2.21. The van der Waals surface area contributed by atoms with Crippen LogP contribution in [0.5, 0.6) is 0 Å². The third-order valence-electron chi connectivity index (χ3n) is 2.75. The van der Waals surface area contributed by atoms with Gasteiger partial charge in [0.25, 0.3) is 0 Å². The minimum atomic E-state index is -4.23. The lowest BCUT2D eigenvalue weighted by molar-refractivity contribution is -0.174. The molecule has 1 rings (SSSR count). The Hall–Kier alpha value is 0.150. The monoisotopic (exact) mass is 347 g/mol. The van der Waals surface area contributed by atoms with Gasteiger partial charge >= 0.3 is 6.18 Å². The highest BCUT2D eigenvalue weighted by Gasteiger charge is 2.32. The van der Waals surface area contributed by atoms with Crippen molar-refractivity contribution in [1.29, 1.82) is 0 Å². The highest BCUT2D eigenvalue weighted by atomic mass is 79.9. The van der Waals surface area contributed by atoms with Crippen LogP contribution in [0, 0.1) is 0 Å². The lowest BCUT2D eigenvalue weighted by Crippen LogP contribution is -2.53. The Balaban J connectivity index is 2.21. The molecule has 3 nitrogen and oxygen atoms in total. The van der Waals surface area contributed by atoms with Crippen molar-refractivity contribution in [3.8, 4) is 0 Å². The molecule has 0 amide bonds. The van der Waals surface area contributed by atoms with Crippen LogP contribution < -0.4 is 0 Å². The normalized spacial score (nSPS) is 24.6. The van der Waals surface area contributed by atoms with E-state index in [1.54, 1.807) is 0 Å². The quantitative estimate of drug-likeness (QED) is 0.544. The van der Waals surface area contributed by atoms with Crippen molar-refractivity contribution in [2.45, 2.75) is 38.1 Å². The fourth-order valence-electron chi connectivity index (χ4n) is 2.25. The molecule has 1 saturated heterocycles. The van der Waals surface area contributed by atoms with Gasteiger partial charge in [-0.05, 0) is 20.3 Å². The Morgan fingerprint density at radius 2 is 2.11 bits per heavy atom. The van der Waals surface area contributed by atoms with Crippen LogP contribution >= 0.6 is 15.9 Å². The van der Waals surface area contributed by atoms with Crippen LogP contribution in [0.1, 0.15) is 20.3 Å². The molecule has 0 aliphatic carbocycles. The minimum absolute atomic E-state index is 0.125. The molecule has 0 N–H and O–H groups in total. The van der Waals surface area contributed by atoms with E-state index in [2.05, 4.69) is 25.6 Å². The summed E-state index contributed by atoms with van der Waals surface area (Å²) in [5.74, 6) is 0. The highest BCUT2D eigenvalue weighted by molar-refractivity contribution is 9.09. The predicted octanol–water partition coefficient (Wildman–Crippen LogP) is 2.83. The van der Waals surface area contributed by atoms with Gasteiger partial charge in [-0.25, -0.2) is 0 Å². The Kier molecular flexibility index (Phi) is 6.56. The summed E-state index contributed by atoms with van der Waals surface area (Å²) in [6.45, 7) is 5.34. The first-order valence-corrected chi connectivity index (χ1v) is 7.45. The largest absolute Gasteiger partial charge is 0.411 e. The number of ether oxygens (including phenoxy) is 2. The van der Waals surface area contributed by atoms with E-state index in [1.807, 2.05) is 13.8 Å². The van der Waals surface area contributed by atoms with Crippen LogP contribution in [0.15, 0.2) is 0 Å². The second-order valence-corrected chi connectivity index (χ2v) is 6.06. The summed E-state index contributed by atoms with van der Waals surface area (Å²) >= 11 is 3.40. The molecule has 0 aromatic rings. The highest BCUT2D eigenvalue weighted by Crippen LogP contribution is 2.22. The number of hydrogen-bond acceptors (Lipinski definition) is 3. The van der Waals surface area contributed by atoms with Gasteiger partial charge in [0.05, 0.1) is 11.7 Å². The first-order valence-electron chi connectivity index (χ1n) is 6.32. The molecular formula is C12H21BrF3NO2. The lowest BCUT2D eigenvalue weighted by Gasteiger charge is -2.42. The van der Waals surface area contributed by atoms with Crippen molar-refractivity contribution in [2.75, 3.05) is 38.2 Å². The molecule has 0 saturated carbocycles. The van der Waals surface area contributed by atoms with Crippen LogP contribution in [0.4, 0.5) is 13.2 Å². The molecule has 0 spiro atoms. The second-order valence-electron chi connectivity index (χ2n) is 5.41. The van der Waals surface area contributed by atoms with Gasteiger partial charge in [0.2, 0.25) is 0 Å². The summed E-state index contributed by atoms with van der Waals surface area (Å²) in [6.07, 6.45) is -3.51. The van der Waals surface area contributed by atoms with Crippen molar-refractivity contribution in [3.05, 3.63) is 0 Å². The molecule has 1 heterocycles. The van der Waals surface area contributed by atoms with E-state index in [9.17, 15) is 13.2 Å². The van der Waals surface area contributed by atoms with Crippen LogP contribution in [-0.2, 0) is 9.47 Å². The van der Waals surface area contributed by atoms with Crippen LogP contribution in [0.25, 0.3) is 0 Å². The summed E-state index contributed by atoms with van der Waals surface area (Å²) in [5, 5.41) is 0.761. The zero-order valence-electron chi connectivity index (χ0n) is 11.3. The van der Waals surface area contributed by atoms with E-state index in [0.29, 0.717) is 6.42 Å². The second kappa shape index (κ2) is 7.24. The molecule has 0 aromatic carbocycles. The van der Waals surface area contributed by atoms with Crippen molar-refractivity contribution >= 4 is 15.9 Å². The maximum absolute atomic E-state index is 11.9. The van der Waals surface area contributed by atoms with Gasteiger partial charge in [-0.3, -0.25) is 4.90 Å². The molecule has 1 unspecified atom stereocenters. The standard InChI is InChI=1S/C12H21BrF3NO2/c1-11(2)8-17(7-10(6-13)19-11)4-3-5-18-9-12(14,15)16/h10H,3-9H2,1-2H3. The Bertz CT molecular complexity index is 274. The van der Waals surface area contributed by atoms with Crippen molar-refractivity contribution in [2.24, 2.45) is 0 Å². The maximum atomic E-state index is 11.9.